The molecule has 172 valence electrons. The molecule has 1 aliphatic heterocycles. The summed E-state index contributed by atoms with van der Waals surface area (Å²) in [4.78, 5) is 24.7. The number of nitrogens with zero attached hydrogens (tertiary/aromatic N) is 4. The molecule has 1 aromatic carbocycles. The third-order valence-corrected chi connectivity index (χ3v) is 7.16. The zero-order chi connectivity index (χ0) is 22.8. The van der Waals surface area contributed by atoms with Crippen molar-refractivity contribution in [3.8, 4) is 11.3 Å². The molecule has 4 heterocycles. The first-order chi connectivity index (χ1) is 16.1. The molecule has 3 aromatic heterocycles. The zero-order valence-electron chi connectivity index (χ0n) is 18.4. The van der Waals surface area contributed by atoms with Crippen LogP contribution in [0.25, 0.3) is 26.4 Å². The fourth-order valence-corrected chi connectivity index (χ4v) is 5.34. The van der Waals surface area contributed by atoms with Gasteiger partial charge in [0, 0.05) is 24.8 Å². The molecule has 1 amide bonds. The van der Waals surface area contributed by atoms with Crippen molar-refractivity contribution in [2.45, 2.75) is 32.2 Å². The molecule has 1 saturated heterocycles. The lowest BCUT2D eigenvalue weighted by Crippen LogP contribution is -2.33. The highest BCUT2D eigenvalue weighted by atomic mass is 32.1. The van der Waals surface area contributed by atoms with E-state index < -0.39 is 0 Å². The van der Waals surface area contributed by atoms with Crippen LogP contribution in [0.15, 0.2) is 36.7 Å². The summed E-state index contributed by atoms with van der Waals surface area (Å²) in [6, 6.07) is 6.76. The van der Waals surface area contributed by atoms with Crippen molar-refractivity contribution in [1.82, 2.24) is 24.6 Å². The maximum atomic E-state index is 14.5. The molecule has 7 nitrogen and oxygen atoms in total. The minimum Gasteiger partial charge on any atom is -0.351 e. The maximum absolute atomic E-state index is 14.5. The van der Waals surface area contributed by atoms with Crippen LogP contribution in [0.4, 0.5) is 4.39 Å². The summed E-state index contributed by atoms with van der Waals surface area (Å²) in [5, 5.41) is 2.98. The van der Waals surface area contributed by atoms with Crippen LogP contribution in [0.2, 0.25) is 0 Å². The third kappa shape index (κ3) is 4.62. The summed E-state index contributed by atoms with van der Waals surface area (Å²) in [7, 11) is 0. The van der Waals surface area contributed by atoms with Crippen molar-refractivity contribution in [1.29, 1.82) is 0 Å². The van der Waals surface area contributed by atoms with Crippen molar-refractivity contribution >= 4 is 32.4 Å². The van der Waals surface area contributed by atoms with E-state index in [9.17, 15) is 9.18 Å². The largest absolute Gasteiger partial charge is 0.351 e. The number of amides is 1. The average Bonchev–Trinajstić information content (AvgIpc) is 3.39. The van der Waals surface area contributed by atoms with Gasteiger partial charge in [0.15, 0.2) is 4.96 Å². The van der Waals surface area contributed by atoms with E-state index in [1.807, 2.05) is 10.5 Å². The number of aromatic nitrogens is 3. The van der Waals surface area contributed by atoms with E-state index in [0.29, 0.717) is 30.0 Å². The van der Waals surface area contributed by atoms with Gasteiger partial charge in [-0.05, 0) is 62.7 Å². The fraction of sp³-hybridized carbons (Fsp3) is 0.375. The Morgan fingerprint density at radius 2 is 2.06 bits per heavy atom. The van der Waals surface area contributed by atoms with Crippen LogP contribution in [0.1, 0.15) is 41.7 Å². The second-order valence-electron chi connectivity index (χ2n) is 8.45. The first-order valence-electron chi connectivity index (χ1n) is 11.4. The van der Waals surface area contributed by atoms with Gasteiger partial charge in [-0.3, -0.25) is 9.20 Å². The van der Waals surface area contributed by atoms with Crippen molar-refractivity contribution in [3.05, 3.63) is 53.7 Å². The SMILES string of the molecule is NCc1ccc(-c2cn3c(n2)sc2cc(C(=O)NCCCN4CCCCC4)ncc23)c(F)c1. The molecule has 4 aromatic rings. The third-order valence-electron chi connectivity index (χ3n) is 6.14. The molecule has 1 fully saturated rings. The molecule has 0 bridgehead atoms. The number of thiazole rings is 1. The Bertz CT molecular complexity index is 1290. The first-order valence-corrected chi connectivity index (χ1v) is 12.2. The number of nitrogens with one attached hydrogen (secondary N) is 1. The Kier molecular flexibility index (Phi) is 6.34. The molecule has 33 heavy (non-hydrogen) atoms. The van der Waals surface area contributed by atoms with E-state index in [-0.39, 0.29) is 11.7 Å². The number of imidazole rings is 1. The van der Waals surface area contributed by atoms with Crippen molar-refractivity contribution in [3.63, 3.8) is 0 Å². The number of carbonyl (C=O) groups is 1. The normalized spacial score (nSPS) is 14.8. The lowest BCUT2D eigenvalue weighted by Gasteiger charge is -2.26. The Hall–Kier alpha value is -2.88. The Labute approximate surface area is 195 Å². The summed E-state index contributed by atoms with van der Waals surface area (Å²) in [6.45, 7) is 4.28. The van der Waals surface area contributed by atoms with Gasteiger partial charge in [-0.25, -0.2) is 14.4 Å². The summed E-state index contributed by atoms with van der Waals surface area (Å²) < 4.78 is 17.3. The fourth-order valence-electron chi connectivity index (χ4n) is 4.32. The number of rotatable bonds is 7. The van der Waals surface area contributed by atoms with Crippen molar-refractivity contribution < 1.29 is 9.18 Å². The zero-order valence-corrected chi connectivity index (χ0v) is 19.2. The van der Waals surface area contributed by atoms with Crippen LogP contribution < -0.4 is 11.1 Å². The standard InChI is InChI=1S/C24H27FN6OS/c25-18-11-16(13-26)5-6-17(18)20-15-31-21-14-28-19(12-22(21)33-24(31)29-20)23(32)27-7-4-10-30-8-2-1-3-9-30/h5-6,11-12,14-15H,1-4,7-10,13,26H2,(H,27,32). The van der Waals surface area contributed by atoms with Gasteiger partial charge in [0.2, 0.25) is 0 Å². The van der Waals surface area contributed by atoms with Crippen LogP contribution in [-0.2, 0) is 6.54 Å². The molecule has 9 heteroatoms. The van der Waals surface area contributed by atoms with Crippen LogP contribution in [0, 0.1) is 5.82 Å². The van der Waals surface area contributed by atoms with Gasteiger partial charge in [0.05, 0.1) is 22.1 Å². The Balaban J connectivity index is 1.28. The molecule has 0 atom stereocenters. The number of hydrogen-bond acceptors (Lipinski definition) is 6. The number of hydrogen-bond donors (Lipinski definition) is 2. The molecule has 5 rings (SSSR count). The molecule has 0 unspecified atom stereocenters. The first kappa shape index (κ1) is 21.9. The summed E-state index contributed by atoms with van der Waals surface area (Å²) in [5.74, 6) is -0.505. The smallest absolute Gasteiger partial charge is 0.269 e. The van der Waals surface area contributed by atoms with Gasteiger partial charge < -0.3 is 16.0 Å². The number of carbonyl (C=O) groups excluding carboxylic acids is 1. The number of likely N-dealkylation sites (tertiary alicyclic amines) is 1. The van der Waals surface area contributed by atoms with E-state index in [1.165, 1.54) is 49.8 Å². The van der Waals surface area contributed by atoms with Crippen LogP contribution >= 0.6 is 11.3 Å². The summed E-state index contributed by atoms with van der Waals surface area (Å²) in [5.41, 5.74) is 8.56. The van der Waals surface area contributed by atoms with E-state index in [0.717, 1.165) is 33.7 Å². The molecule has 0 spiro atoms. The highest BCUT2D eigenvalue weighted by Crippen LogP contribution is 2.30. The number of halogens is 1. The number of pyridine rings is 1. The van der Waals surface area contributed by atoms with Crippen LogP contribution in [-0.4, -0.2) is 51.4 Å². The highest BCUT2D eigenvalue weighted by Gasteiger charge is 2.16. The van der Waals surface area contributed by atoms with Gasteiger partial charge in [-0.2, -0.15) is 0 Å². The molecule has 1 aliphatic rings. The Morgan fingerprint density at radius 3 is 2.85 bits per heavy atom. The summed E-state index contributed by atoms with van der Waals surface area (Å²) in [6.07, 6.45) is 8.30. The monoisotopic (exact) mass is 466 g/mol. The van der Waals surface area contributed by atoms with Gasteiger partial charge in [-0.15, -0.1) is 0 Å². The van der Waals surface area contributed by atoms with E-state index >= 15 is 0 Å². The minimum atomic E-state index is -0.342. The molecule has 0 radical (unpaired) electrons. The average molecular weight is 467 g/mol. The number of fused-ring (bicyclic) bond motifs is 3. The number of benzene rings is 1. The van der Waals surface area contributed by atoms with Crippen molar-refractivity contribution in [2.24, 2.45) is 5.73 Å². The summed E-state index contributed by atoms with van der Waals surface area (Å²) >= 11 is 1.45. The molecular formula is C24H27FN6OS. The number of piperidine rings is 1. The second kappa shape index (κ2) is 9.54. The van der Waals surface area contributed by atoms with Gasteiger partial charge in [0.25, 0.3) is 5.91 Å². The van der Waals surface area contributed by atoms with Crippen LogP contribution in [0.3, 0.4) is 0 Å². The minimum absolute atomic E-state index is 0.163. The molecular weight excluding hydrogens is 439 g/mol. The topological polar surface area (TPSA) is 88.5 Å². The van der Waals surface area contributed by atoms with E-state index in [2.05, 4.69) is 20.2 Å². The second-order valence-corrected chi connectivity index (χ2v) is 9.46. The van der Waals surface area contributed by atoms with Crippen molar-refractivity contribution in [2.75, 3.05) is 26.2 Å². The van der Waals surface area contributed by atoms with Crippen LogP contribution in [0.5, 0.6) is 0 Å². The predicted octanol–water partition coefficient (Wildman–Crippen LogP) is 3.81. The van der Waals surface area contributed by atoms with Gasteiger partial charge >= 0.3 is 0 Å². The molecule has 3 N–H and O–H groups in total. The number of nitrogens with two attached hydrogens (primary N) is 1. The molecule has 0 saturated carbocycles. The molecule has 0 aliphatic carbocycles. The quantitative estimate of drug-likeness (QED) is 0.404. The van der Waals surface area contributed by atoms with Gasteiger partial charge in [0.1, 0.15) is 11.5 Å². The lowest BCUT2D eigenvalue weighted by molar-refractivity contribution is 0.0946. The van der Waals surface area contributed by atoms with E-state index in [1.54, 1.807) is 24.5 Å². The highest BCUT2D eigenvalue weighted by molar-refractivity contribution is 7.23. The van der Waals surface area contributed by atoms with E-state index in [4.69, 9.17) is 5.73 Å². The lowest BCUT2D eigenvalue weighted by atomic mass is 10.1. The maximum Gasteiger partial charge on any atom is 0.269 e. The Morgan fingerprint density at radius 1 is 1.21 bits per heavy atom. The van der Waals surface area contributed by atoms with Gasteiger partial charge in [-0.1, -0.05) is 23.8 Å². The predicted molar refractivity (Wildman–Crippen MR) is 129 cm³/mol.